The average molecular weight is 281 g/mol. The average Bonchev–Trinajstić information content (AvgIpc) is 2.48. The van der Waals surface area contributed by atoms with Gasteiger partial charge < -0.3 is 15.5 Å². The molecular formula is C15H27N3O2. The number of carbonyl (C=O) groups is 2. The van der Waals surface area contributed by atoms with Crippen molar-refractivity contribution in [2.45, 2.75) is 51.5 Å². The van der Waals surface area contributed by atoms with Crippen molar-refractivity contribution in [3.8, 4) is 0 Å². The van der Waals surface area contributed by atoms with E-state index in [4.69, 9.17) is 0 Å². The quantitative estimate of drug-likeness (QED) is 0.804. The van der Waals surface area contributed by atoms with Gasteiger partial charge in [0.25, 0.3) is 0 Å². The van der Waals surface area contributed by atoms with Gasteiger partial charge in [0.05, 0.1) is 5.92 Å². The maximum Gasteiger partial charge on any atom is 0.225 e. The summed E-state index contributed by atoms with van der Waals surface area (Å²) in [6.07, 6.45) is 5.35. The first-order chi connectivity index (χ1) is 9.70. The minimum atomic E-state index is -0.0144. The molecule has 114 valence electrons. The van der Waals surface area contributed by atoms with Crippen molar-refractivity contribution in [1.82, 2.24) is 15.5 Å². The summed E-state index contributed by atoms with van der Waals surface area (Å²) in [4.78, 5) is 26.1. The Hall–Kier alpha value is -1.10. The van der Waals surface area contributed by atoms with E-state index in [2.05, 4.69) is 10.6 Å². The summed E-state index contributed by atoms with van der Waals surface area (Å²) in [6, 6.07) is 0.311. The third kappa shape index (κ3) is 4.20. The smallest absolute Gasteiger partial charge is 0.225 e. The van der Waals surface area contributed by atoms with Crippen LogP contribution in [0.3, 0.4) is 0 Å². The molecule has 2 heterocycles. The molecular weight excluding hydrogens is 254 g/mol. The number of likely N-dealkylation sites (tertiary alicyclic amines) is 1. The predicted octanol–water partition coefficient (Wildman–Crippen LogP) is 0.893. The highest BCUT2D eigenvalue weighted by Crippen LogP contribution is 2.18. The molecule has 0 bridgehead atoms. The van der Waals surface area contributed by atoms with Crippen molar-refractivity contribution in [3.63, 3.8) is 0 Å². The van der Waals surface area contributed by atoms with Gasteiger partial charge in [-0.25, -0.2) is 0 Å². The summed E-state index contributed by atoms with van der Waals surface area (Å²) in [7, 11) is 0. The lowest BCUT2D eigenvalue weighted by molar-refractivity contribution is -0.136. The zero-order valence-corrected chi connectivity index (χ0v) is 12.5. The van der Waals surface area contributed by atoms with Crippen LogP contribution in [0.5, 0.6) is 0 Å². The zero-order valence-electron chi connectivity index (χ0n) is 12.5. The molecule has 0 aromatic heterocycles. The summed E-state index contributed by atoms with van der Waals surface area (Å²) in [6.45, 7) is 5.40. The van der Waals surface area contributed by atoms with E-state index >= 15 is 0 Å². The van der Waals surface area contributed by atoms with E-state index in [-0.39, 0.29) is 17.7 Å². The molecule has 0 radical (unpaired) electrons. The summed E-state index contributed by atoms with van der Waals surface area (Å²) in [5.74, 6) is 0.331. The standard InChI is InChI=1S/C15H27N3O2/c1-2-4-14(19)18-10-3-5-12(11-18)15(20)17-13-6-8-16-9-7-13/h12-13,16H,2-11H2,1H3,(H,17,20). The van der Waals surface area contributed by atoms with Crippen molar-refractivity contribution >= 4 is 11.8 Å². The second-order valence-corrected chi connectivity index (χ2v) is 5.96. The van der Waals surface area contributed by atoms with E-state index in [1.54, 1.807) is 0 Å². The Bertz CT molecular complexity index is 340. The van der Waals surface area contributed by atoms with E-state index in [0.717, 1.165) is 51.7 Å². The number of hydrogen-bond donors (Lipinski definition) is 2. The number of nitrogens with one attached hydrogen (secondary N) is 2. The highest BCUT2D eigenvalue weighted by Gasteiger charge is 2.29. The summed E-state index contributed by atoms with van der Waals surface area (Å²) in [5.41, 5.74) is 0. The molecule has 0 aromatic carbocycles. The summed E-state index contributed by atoms with van der Waals surface area (Å²) < 4.78 is 0. The third-order valence-electron chi connectivity index (χ3n) is 4.29. The van der Waals surface area contributed by atoms with Crippen molar-refractivity contribution in [2.24, 2.45) is 5.92 Å². The van der Waals surface area contributed by atoms with Crippen molar-refractivity contribution in [1.29, 1.82) is 0 Å². The zero-order chi connectivity index (χ0) is 14.4. The van der Waals surface area contributed by atoms with Crippen LogP contribution in [0.2, 0.25) is 0 Å². The van der Waals surface area contributed by atoms with Gasteiger partial charge in [0.15, 0.2) is 0 Å². The fourth-order valence-corrected chi connectivity index (χ4v) is 3.07. The van der Waals surface area contributed by atoms with Gasteiger partial charge in [-0.3, -0.25) is 9.59 Å². The maximum atomic E-state index is 12.3. The first-order valence-electron chi connectivity index (χ1n) is 7.99. The van der Waals surface area contributed by atoms with Crippen LogP contribution in [0.15, 0.2) is 0 Å². The van der Waals surface area contributed by atoms with Gasteiger partial charge in [-0.2, -0.15) is 0 Å². The fourth-order valence-electron chi connectivity index (χ4n) is 3.07. The molecule has 2 saturated heterocycles. The highest BCUT2D eigenvalue weighted by atomic mass is 16.2. The minimum absolute atomic E-state index is 0.0144. The number of piperidine rings is 2. The van der Waals surface area contributed by atoms with E-state index < -0.39 is 0 Å². The van der Waals surface area contributed by atoms with E-state index in [1.165, 1.54) is 0 Å². The number of rotatable bonds is 4. The highest BCUT2D eigenvalue weighted by molar-refractivity contribution is 5.81. The summed E-state index contributed by atoms with van der Waals surface area (Å²) in [5, 5.41) is 6.46. The Labute approximate surface area is 121 Å². The number of nitrogens with zero attached hydrogens (tertiary/aromatic N) is 1. The lowest BCUT2D eigenvalue weighted by Gasteiger charge is -2.33. The summed E-state index contributed by atoms with van der Waals surface area (Å²) >= 11 is 0. The Morgan fingerprint density at radius 3 is 2.70 bits per heavy atom. The first-order valence-corrected chi connectivity index (χ1v) is 7.99. The Kier molecular flexibility index (Phi) is 5.83. The molecule has 2 amide bonds. The predicted molar refractivity (Wildman–Crippen MR) is 78.2 cm³/mol. The molecule has 0 aliphatic carbocycles. The maximum absolute atomic E-state index is 12.3. The molecule has 20 heavy (non-hydrogen) atoms. The largest absolute Gasteiger partial charge is 0.353 e. The van der Waals surface area contributed by atoms with Crippen LogP contribution >= 0.6 is 0 Å². The number of carbonyl (C=O) groups excluding carboxylic acids is 2. The van der Waals surface area contributed by atoms with Crippen LogP contribution in [-0.4, -0.2) is 48.9 Å². The minimum Gasteiger partial charge on any atom is -0.353 e. The third-order valence-corrected chi connectivity index (χ3v) is 4.29. The van der Waals surface area contributed by atoms with Crippen molar-refractivity contribution in [2.75, 3.05) is 26.2 Å². The molecule has 5 heteroatoms. The molecule has 2 aliphatic heterocycles. The van der Waals surface area contributed by atoms with Gasteiger partial charge in [0, 0.05) is 25.6 Å². The van der Waals surface area contributed by atoms with Gasteiger partial charge in [-0.1, -0.05) is 6.92 Å². The van der Waals surface area contributed by atoms with Gasteiger partial charge in [0.2, 0.25) is 11.8 Å². The first kappa shape index (κ1) is 15.3. The molecule has 5 nitrogen and oxygen atoms in total. The molecule has 0 saturated carbocycles. The second kappa shape index (κ2) is 7.62. The van der Waals surface area contributed by atoms with E-state index in [0.29, 0.717) is 19.0 Å². The number of amides is 2. The fraction of sp³-hybridized carbons (Fsp3) is 0.867. The Morgan fingerprint density at radius 1 is 1.25 bits per heavy atom. The molecule has 2 aliphatic rings. The van der Waals surface area contributed by atoms with Crippen LogP contribution < -0.4 is 10.6 Å². The van der Waals surface area contributed by atoms with Gasteiger partial charge >= 0.3 is 0 Å². The van der Waals surface area contributed by atoms with Gasteiger partial charge in [0.1, 0.15) is 0 Å². The molecule has 2 rings (SSSR count). The van der Waals surface area contributed by atoms with Crippen molar-refractivity contribution < 1.29 is 9.59 Å². The van der Waals surface area contributed by atoms with Crippen LogP contribution in [0.25, 0.3) is 0 Å². The van der Waals surface area contributed by atoms with E-state index in [1.807, 2.05) is 11.8 Å². The Morgan fingerprint density at radius 2 is 2.00 bits per heavy atom. The molecule has 1 unspecified atom stereocenters. The topological polar surface area (TPSA) is 61.4 Å². The molecule has 0 aromatic rings. The molecule has 2 fully saturated rings. The molecule has 2 N–H and O–H groups in total. The van der Waals surface area contributed by atoms with Crippen LogP contribution in [0.1, 0.15) is 45.4 Å². The SMILES string of the molecule is CCCC(=O)N1CCCC(C(=O)NC2CCNCC2)C1. The van der Waals surface area contributed by atoms with Gasteiger partial charge in [-0.05, 0) is 45.2 Å². The lowest BCUT2D eigenvalue weighted by atomic mass is 9.95. The molecule has 1 atom stereocenters. The van der Waals surface area contributed by atoms with Crippen LogP contribution in [0, 0.1) is 5.92 Å². The van der Waals surface area contributed by atoms with Crippen LogP contribution in [-0.2, 0) is 9.59 Å². The lowest BCUT2D eigenvalue weighted by Crippen LogP contribution is -2.49. The molecule has 0 spiro atoms. The monoisotopic (exact) mass is 281 g/mol. The van der Waals surface area contributed by atoms with Gasteiger partial charge in [-0.15, -0.1) is 0 Å². The number of hydrogen-bond acceptors (Lipinski definition) is 3. The van der Waals surface area contributed by atoms with Crippen molar-refractivity contribution in [3.05, 3.63) is 0 Å². The normalized spacial score (nSPS) is 24.4. The Balaban J connectivity index is 1.81. The second-order valence-electron chi connectivity index (χ2n) is 5.96. The van der Waals surface area contributed by atoms with E-state index in [9.17, 15) is 9.59 Å². The van der Waals surface area contributed by atoms with Crippen LogP contribution in [0.4, 0.5) is 0 Å².